The summed E-state index contributed by atoms with van der Waals surface area (Å²) in [6, 6.07) is 7.93. The largest absolute Gasteiger partial charge is 0.326 e. The van der Waals surface area contributed by atoms with Crippen molar-refractivity contribution in [2.45, 2.75) is 67.2 Å². The molecule has 140 valence electrons. The number of nitrogens with one attached hydrogen (secondary N) is 1. The Morgan fingerprint density at radius 2 is 1.52 bits per heavy atom. The van der Waals surface area contributed by atoms with Gasteiger partial charge in [-0.15, -0.1) is 0 Å². The van der Waals surface area contributed by atoms with Gasteiger partial charge in [0.05, 0.1) is 0 Å². The second-order valence-corrected chi connectivity index (χ2v) is 8.27. The van der Waals surface area contributed by atoms with Crippen LogP contribution in [0, 0.1) is 23.7 Å². The van der Waals surface area contributed by atoms with Crippen LogP contribution in [0.25, 0.3) is 0 Å². The van der Waals surface area contributed by atoms with Gasteiger partial charge >= 0.3 is 0 Å². The molecule has 0 saturated carbocycles. The number of carbonyl (C=O) groups is 2. The average molecular weight is 346 g/mol. The van der Waals surface area contributed by atoms with E-state index in [-0.39, 0.29) is 17.7 Å². The van der Waals surface area contributed by atoms with Crippen molar-refractivity contribution in [3.63, 3.8) is 0 Å². The molecule has 1 aromatic rings. The predicted octanol–water partition coefficient (Wildman–Crippen LogP) is 5.49. The maximum Gasteiger partial charge on any atom is 0.224 e. The highest BCUT2D eigenvalue weighted by Gasteiger charge is 2.22. The zero-order valence-corrected chi connectivity index (χ0v) is 16.8. The summed E-state index contributed by atoms with van der Waals surface area (Å²) in [7, 11) is 0. The summed E-state index contributed by atoms with van der Waals surface area (Å²) in [4.78, 5) is 24.4. The first-order valence-corrected chi connectivity index (χ1v) is 9.61. The van der Waals surface area contributed by atoms with E-state index in [1.165, 1.54) is 0 Å². The zero-order valence-electron chi connectivity index (χ0n) is 16.8. The highest BCUT2D eigenvalue weighted by atomic mass is 16.1. The van der Waals surface area contributed by atoms with Crippen LogP contribution in [0.4, 0.5) is 5.69 Å². The lowest BCUT2D eigenvalue weighted by Crippen LogP contribution is -2.23. The van der Waals surface area contributed by atoms with Crippen LogP contribution in [0.2, 0.25) is 0 Å². The van der Waals surface area contributed by atoms with Crippen LogP contribution in [-0.2, 0) is 16.0 Å². The van der Waals surface area contributed by atoms with E-state index in [4.69, 9.17) is 0 Å². The lowest BCUT2D eigenvalue weighted by atomic mass is 9.84. The van der Waals surface area contributed by atoms with Gasteiger partial charge in [-0.1, -0.05) is 53.7 Å². The first-order valence-electron chi connectivity index (χ1n) is 9.61. The van der Waals surface area contributed by atoms with E-state index < -0.39 is 0 Å². The van der Waals surface area contributed by atoms with Crippen LogP contribution >= 0.6 is 0 Å². The van der Waals surface area contributed by atoms with Gasteiger partial charge < -0.3 is 5.32 Å². The van der Waals surface area contributed by atoms with Crippen molar-refractivity contribution in [3.8, 4) is 0 Å². The molecule has 0 saturated heterocycles. The van der Waals surface area contributed by atoms with E-state index in [1.54, 1.807) is 0 Å². The van der Waals surface area contributed by atoms with Crippen molar-refractivity contribution in [1.82, 2.24) is 0 Å². The van der Waals surface area contributed by atoms with Crippen LogP contribution in [0.3, 0.4) is 0 Å². The summed E-state index contributed by atoms with van der Waals surface area (Å²) in [5, 5.41) is 2.95. The van der Waals surface area contributed by atoms with Crippen LogP contribution in [0.1, 0.15) is 66.4 Å². The third kappa shape index (κ3) is 8.33. The molecule has 25 heavy (non-hydrogen) atoms. The number of anilines is 1. The van der Waals surface area contributed by atoms with Crippen molar-refractivity contribution >= 4 is 17.4 Å². The van der Waals surface area contributed by atoms with Crippen molar-refractivity contribution in [2.24, 2.45) is 23.7 Å². The smallest absolute Gasteiger partial charge is 0.224 e. The molecular formula is C22H35NO2. The molecule has 1 unspecified atom stereocenters. The van der Waals surface area contributed by atoms with Gasteiger partial charge in [0.2, 0.25) is 5.91 Å². The summed E-state index contributed by atoms with van der Waals surface area (Å²) in [5.41, 5.74) is 1.98. The fourth-order valence-corrected chi connectivity index (χ4v) is 2.99. The molecule has 0 aliphatic carbocycles. The minimum absolute atomic E-state index is 0.0640. The Bertz CT molecular complexity index is 544. The van der Waals surface area contributed by atoms with Gasteiger partial charge in [0.15, 0.2) is 0 Å². The molecule has 0 fully saturated rings. The first-order chi connectivity index (χ1) is 11.7. The Hall–Kier alpha value is -1.64. The third-order valence-electron chi connectivity index (χ3n) is 4.40. The van der Waals surface area contributed by atoms with Crippen LogP contribution < -0.4 is 5.32 Å². The van der Waals surface area contributed by atoms with Crippen molar-refractivity contribution in [3.05, 3.63) is 29.8 Å². The molecule has 3 nitrogen and oxygen atoms in total. The number of ketones is 1. The molecule has 1 rings (SSSR count). The van der Waals surface area contributed by atoms with Gasteiger partial charge in [-0.3, -0.25) is 9.59 Å². The van der Waals surface area contributed by atoms with Gasteiger partial charge in [-0.2, -0.15) is 0 Å². The molecule has 0 aliphatic rings. The number of benzene rings is 1. The van der Waals surface area contributed by atoms with Crippen LogP contribution in [0.15, 0.2) is 24.3 Å². The van der Waals surface area contributed by atoms with Gasteiger partial charge in [0.25, 0.3) is 0 Å². The average Bonchev–Trinajstić information content (AvgIpc) is 2.52. The first kappa shape index (κ1) is 21.4. The predicted molar refractivity (Wildman–Crippen MR) is 106 cm³/mol. The lowest BCUT2D eigenvalue weighted by molar-refractivity contribution is -0.126. The highest BCUT2D eigenvalue weighted by Crippen LogP contribution is 2.22. The number of rotatable bonds is 10. The minimum atomic E-state index is 0.0640. The molecule has 0 aromatic heterocycles. The van der Waals surface area contributed by atoms with Gasteiger partial charge in [-0.05, 0) is 48.8 Å². The quantitative estimate of drug-likeness (QED) is 0.609. The molecule has 0 heterocycles. The normalized spacial score (nSPS) is 12.7. The Kier molecular flexibility index (Phi) is 8.88. The standard InChI is InChI=1S/C22H35NO2/c1-15(2)7-12-21(24)23-20-10-8-18(9-11-20)14-19(13-16(3)4)22(25)17(5)6/h8-11,15-17,19H,7,12-14H2,1-6H3,(H,23,24). The zero-order chi connectivity index (χ0) is 19.0. The van der Waals surface area contributed by atoms with Crippen molar-refractivity contribution in [1.29, 1.82) is 0 Å². The number of Topliss-reactive ketones (excluding diaryl/α,β-unsaturated/α-hetero) is 1. The molecule has 3 heteroatoms. The van der Waals surface area contributed by atoms with Crippen LogP contribution in [-0.4, -0.2) is 11.7 Å². The van der Waals surface area contributed by atoms with E-state index >= 15 is 0 Å². The molecule has 0 spiro atoms. The molecule has 0 aliphatic heterocycles. The second kappa shape index (κ2) is 10.4. The van der Waals surface area contributed by atoms with E-state index in [2.05, 4.69) is 33.0 Å². The fourth-order valence-electron chi connectivity index (χ4n) is 2.99. The molecule has 0 radical (unpaired) electrons. The van der Waals surface area contributed by atoms with E-state index in [0.29, 0.717) is 24.0 Å². The molecule has 1 N–H and O–H groups in total. The molecule has 1 atom stereocenters. The number of hydrogen-bond donors (Lipinski definition) is 1. The van der Waals surface area contributed by atoms with Crippen molar-refractivity contribution in [2.75, 3.05) is 5.32 Å². The summed E-state index contributed by atoms with van der Waals surface area (Å²) < 4.78 is 0. The molecule has 0 bridgehead atoms. The van der Waals surface area contributed by atoms with E-state index in [9.17, 15) is 9.59 Å². The molecule has 1 aromatic carbocycles. The summed E-state index contributed by atoms with van der Waals surface area (Å²) in [6.45, 7) is 12.5. The van der Waals surface area contributed by atoms with E-state index in [1.807, 2.05) is 38.1 Å². The maximum atomic E-state index is 12.5. The minimum Gasteiger partial charge on any atom is -0.326 e. The topological polar surface area (TPSA) is 46.2 Å². The fraction of sp³-hybridized carbons (Fsp3) is 0.636. The Morgan fingerprint density at radius 3 is 2.00 bits per heavy atom. The molecular weight excluding hydrogens is 310 g/mol. The highest BCUT2D eigenvalue weighted by molar-refractivity contribution is 5.90. The monoisotopic (exact) mass is 345 g/mol. The number of amides is 1. The maximum absolute atomic E-state index is 12.5. The summed E-state index contributed by atoms with van der Waals surface area (Å²) in [6.07, 6.45) is 3.15. The van der Waals surface area contributed by atoms with Crippen molar-refractivity contribution < 1.29 is 9.59 Å². The Balaban J connectivity index is 2.67. The van der Waals surface area contributed by atoms with Gasteiger partial charge in [0, 0.05) is 23.9 Å². The lowest BCUT2D eigenvalue weighted by Gasteiger charge is -2.20. The summed E-state index contributed by atoms with van der Waals surface area (Å²) in [5.74, 6) is 1.60. The van der Waals surface area contributed by atoms with Gasteiger partial charge in [0.1, 0.15) is 5.78 Å². The molecule has 1 amide bonds. The number of hydrogen-bond acceptors (Lipinski definition) is 2. The van der Waals surface area contributed by atoms with Crippen LogP contribution in [0.5, 0.6) is 0 Å². The Morgan fingerprint density at radius 1 is 0.920 bits per heavy atom. The summed E-state index contributed by atoms with van der Waals surface area (Å²) >= 11 is 0. The Labute approximate surface area is 153 Å². The number of carbonyl (C=O) groups excluding carboxylic acids is 2. The van der Waals surface area contributed by atoms with Gasteiger partial charge in [-0.25, -0.2) is 0 Å². The SMILES string of the molecule is CC(C)CCC(=O)Nc1ccc(CC(CC(C)C)C(=O)C(C)C)cc1. The second-order valence-electron chi connectivity index (χ2n) is 8.27. The van der Waals surface area contributed by atoms with E-state index in [0.717, 1.165) is 30.5 Å². The third-order valence-corrected chi connectivity index (χ3v) is 4.40.